The minimum absolute atomic E-state index is 0.0257. The van der Waals surface area contributed by atoms with E-state index in [9.17, 15) is 57.1 Å². The van der Waals surface area contributed by atoms with Gasteiger partial charge in [-0.1, -0.05) is 0 Å². The minimum Gasteiger partial charge on any atom is -0.477 e. The fourth-order valence-corrected chi connectivity index (χ4v) is 3.86. The van der Waals surface area contributed by atoms with Crippen molar-refractivity contribution in [1.82, 2.24) is 4.72 Å². The van der Waals surface area contributed by atoms with E-state index in [1.165, 1.54) is 14.1 Å². The molecule has 0 aliphatic rings. The number of nitrogens with one attached hydrogen (secondary N) is 1. The van der Waals surface area contributed by atoms with Crippen molar-refractivity contribution < 1.29 is 66.7 Å². The van der Waals surface area contributed by atoms with Gasteiger partial charge in [-0.05, 0) is 6.42 Å². The van der Waals surface area contributed by atoms with Gasteiger partial charge >= 0.3 is 24.5 Å². The number of hydrogen-bond donors (Lipinski definition) is 2. The van der Waals surface area contributed by atoms with Crippen molar-refractivity contribution >= 4 is 16.0 Å². The molecule has 0 saturated heterocycles. The molecule has 0 aromatic rings. The number of carboxylic acids is 1. The molecule has 0 aromatic carbocycles. The van der Waals surface area contributed by atoms with Crippen LogP contribution in [0.15, 0.2) is 0 Å². The Labute approximate surface area is 177 Å². The van der Waals surface area contributed by atoms with E-state index < -0.39 is 64.7 Å². The van der Waals surface area contributed by atoms with Crippen molar-refractivity contribution in [3.8, 4) is 0 Å². The maximum absolute atomic E-state index is 13.7. The van der Waals surface area contributed by atoms with Crippen LogP contribution in [-0.4, -0.2) is 87.7 Å². The zero-order valence-corrected chi connectivity index (χ0v) is 17.7. The average molecular weight is 517 g/mol. The summed E-state index contributed by atoms with van der Waals surface area (Å²) in [6.45, 7) is -0.566. The second-order valence-electron chi connectivity index (χ2n) is 7.81. The molecule has 192 valence electrons. The lowest BCUT2D eigenvalue weighted by Gasteiger charge is -2.33. The van der Waals surface area contributed by atoms with Crippen molar-refractivity contribution in [1.29, 1.82) is 0 Å². The number of aliphatic carboxylic acids is 1. The van der Waals surface area contributed by atoms with Gasteiger partial charge in [0.15, 0.2) is 6.54 Å². The number of rotatable bonds is 12. The predicted octanol–water partition coefficient (Wildman–Crippen LogP) is 3.25. The van der Waals surface area contributed by atoms with Crippen LogP contribution in [0.5, 0.6) is 0 Å². The fourth-order valence-electron chi connectivity index (χ4n) is 2.66. The van der Waals surface area contributed by atoms with E-state index >= 15 is 0 Å². The number of alkyl halides is 10. The zero-order chi connectivity index (χ0) is 25.8. The lowest BCUT2D eigenvalue weighted by atomic mass is 9.88. The van der Waals surface area contributed by atoms with Crippen molar-refractivity contribution in [2.24, 2.45) is 5.92 Å². The Balaban J connectivity index is 5.17. The van der Waals surface area contributed by atoms with Crippen LogP contribution in [0.4, 0.5) is 43.9 Å². The number of quaternary nitrogens is 1. The number of hydrogen-bond acceptors (Lipinski definition) is 3. The zero-order valence-electron chi connectivity index (χ0n) is 16.8. The predicted molar refractivity (Wildman–Crippen MR) is 90.6 cm³/mol. The maximum Gasteiger partial charge on any atom is 0.431 e. The molecule has 17 heteroatoms. The highest BCUT2D eigenvalue weighted by molar-refractivity contribution is 7.89. The lowest BCUT2D eigenvalue weighted by Crippen LogP contribution is -2.55. The molecule has 0 heterocycles. The summed E-state index contributed by atoms with van der Waals surface area (Å²) in [5.74, 6) is -6.19. The van der Waals surface area contributed by atoms with Crippen LogP contribution in [0, 0.1) is 5.92 Å². The first-order valence-electron chi connectivity index (χ1n) is 8.84. The van der Waals surface area contributed by atoms with Crippen molar-refractivity contribution in [3.63, 3.8) is 0 Å². The van der Waals surface area contributed by atoms with Crippen LogP contribution in [-0.2, 0) is 14.8 Å². The summed E-state index contributed by atoms with van der Waals surface area (Å²) in [7, 11) is -1.56. The number of nitrogens with zero attached hydrogens (tertiary/aromatic N) is 1. The van der Waals surface area contributed by atoms with Gasteiger partial charge < -0.3 is 9.59 Å². The molecule has 0 saturated carbocycles. The molecule has 0 aliphatic carbocycles. The third kappa shape index (κ3) is 9.64. The topological polar surface area (TPSA) is 83.5 Å². The number of halogens is 10. The van der Waals surface area contributed by atoms with Gasteiger partial charge in [-0.15, -0.1) is 0 Å². The summed E-state index contributed by atoms with van der Waals surface area (Å²) in [6.07, 6.45) is -23.9. The monoisotopic (exact) mass is 517 g/mol. The van der Waals surface area contributed by atoms with Gasteiger partial charge in [-0.25, -0.2) is 22.3 Å². The van der Waals surface area contributed by atoms with E-state index in [1.807, 2.05) is 4.72 Å². The molecule has 1 unspecified atom stereocenters. The molecule has 0 bridgehead atoms. The van der Waals surface area contributed by atoms with Gasteiger partial charge in [-0.2, -0.15) is 39.5 Å². The molecule has 0 fully saturated rings. The van der Waals surface area contributed by atoms with Crippen LogP contribution in [0.1, 0.15) is 19.3 Å². The Morgan fingerprint density at radius 1 is 0.969 bits per heavy atom. The summed E-state index contributed by atoms with van der Waals surface area (Å²) in [5, 5.41) is 8.72. The molecule has 0 amide bonds. The highest BCUT2D eigenvalue weighted by atomic mass is 32.2. The highest BCUT2D eigenvalue weighted by Gasteiger charge is 2.73. The van der Waals surface area contributed by atoms with E-state index in [-0.39, 0.29) is 30.5 Å². The Bertz CT molecular complexity index is 718. The first-order chi connectivity index (χ1) is 13.9. The van der Waals surface area contributed by atoms with Crippen LogP contribution >= 0.6 is 0 Å². The molecule has 0 spiro atoms. The van der Waals surface area contributed by atoms with Crippen LogP contribution in [0.25, 0.3) is 0 Å². The van der Waals surface area contributed by atoms with Gasteiger partial charge in [-0.3, -0.25) is 0 Å². The molecule has 0 aliphatic heterocycles. The number of likely N-dealkylation sites (N-methyl/N-ethyl adjacent to an activating group) is 1. The molecule has 0 radical (unpaired) electrons. The van der Waals surface area contributed by atoms with E-state index in [1.54, 1.807) is 0 Å². The van der Waals surface area contributed by atoms with Crippen LogP contribution < -0.4 is 4.72 Å². The molecule has 32 heavy (non-hydrogen) atoms. The summed E-state index contributed by atoms with van der Waals surface area (Å²) in [4.78, 5) is 10.7. The average Bonchev–Trinajstić information content (AvgIpc) is 2.51. The molecule has 1 atom stereocenters. The summed E-state index contributed by atoms with van der Waals surface area (Å²) < 4.78 is 153. The third-order valence-corrected chi connectivity index (χ3v) is 5.87. The lowest BCUT2D eigenvalue weighted by molar-refractivity contribution is -0.883. The van der Waals surface area contributed by atoms with E-state index in [0.717, 1.165) is 0 Å². The van der Waals surface area contributed by atoms with Gasteiger partial charge in [0.25, 0.3) is 5.67 Å². The van der Waals surface area contributed by atoms with E-state index in [0.29, 0.717) is 0 Å². The smallest absolute Gasteiger partial charge is 0.431 e. The first-order valence-corrected chi connectivity index (χ1v) is 10.5. The molecule has 0 aromatic heterocycles. The third-order valence-electron chi connectivity index (χ3n) is 4.45. The Morgan fingerprint density at radius 2 is 1.44 bits per heavy atom. The Kier molecular flexibility index (Phi) is 9.84. The standard InChI is InChI=1S/C15H22F10N2O4S/c1-27(2,9-11(28)29)6-3-5-26-32(30,31)7-4-10(13(17,18)19)8-12(16,14(20,21)22)15(23,24)25/h10,26H,3-9H2,1-2H3/p+1. The number of sulfonamides is 1. The fraction of sp³-hybridized carbons (Fsp3) is 0.933. The highest BCUT2D eigenvalue weighted by Crippen LogP contribution is 2.52. The second kappa shape index (κ2) is 10.3. The Hall–Kier alpha value is -1.36. The second-order valence-corrected chi connectivity index (χ2v) is 9.73. The molecule has 6 nitrogen and oxygen atoms in total. The minimum atomic E-state index is -6.70. The van der Waals surface area contributed by atoms with E-state index in [4.69, 9.17) is 5.11 Å². The first kappa shape index (κ1) is 30.6. The molecule has 2 N–H and O–H groups in total. The van der Waals surface area contributed by atoms with E-state index in [2.05, 4.69) is 0 Å². The molecular weight excluding hydrogens is 494 g/mol. The van der Waals surface area contributed by atoms with Crippen molar-refractivity contribution in [3.05, 3.63) is 0 Å². The molecular formula is C15H23F10N2O4S+. The number of carbonyl (C=O) groups is 1. The summed E-state index contributed by atoms with van der Waals surface area (Å²) in [6, 6.07) is 0. The van der Waals surface area contributed by atoms with Crippen LogP contribution in [0.3, 0.4) is 0 Å². The molecule has 0 rings (SSSR count). The Morgan fingerprint density at radius 3 is 1.81 bits per heavy atom. The SMILES string of the molecule is C[N+](C)(CCCNS(=O)(=O)CCC(CC(F)(C(F)(F)F)C(F)(F)F)C(F)(F)F)CC(=O)O. The maximum atomic E-state index is 13.7. The van der Waals surface area contributed by atoms with Crippen molar-refractivity contribution in [2.75, 3.05) is 39.5 Å². The largest absolute Gasteiger partial charge is 0.477 e. The summed E-state index contributed by atoms with van der Waals surface area (Å²) >= 11 is 0. The van der Waals surface area contributed by atoms with Crippen molar-refractivity contribution in [2.45, 2.75) is 43.5 Å². The normalized spacial score (nSPS) is 15.6. The summed E-state index contributed by atoms with van der Waals surface area (Å²) in [5.41, 5.74) is -6.18. The van der Waals surface area contributed by atoms with Gasteiger partial charge in [0.2, 0.25) is 10.0 Å². The van der Waals surface area contributed by atoms with Gasteiger partial charge in [0.1, 0.15) is 0 Å². The van der Waals surface area contributed by atoms with Crippen LogP contribution in [0.2, 0.25) is 0 Å². The number of carboxylic acid groups (broad SMARTS) is 1. The van der Waals surface area contributed by atoms with Gasteiger partial charge in [0.05, 0.1) is 32.3 Å². The van der Waals surface area contributed by atoms with Gasteiger partial charge in [0, 0.05) is 19.4 Å². The quantitative estimate of drug-likeness (QED) is 0.237.